The van der Waals surface area contributed by atoms with Crippen LogP contribution in [0.15, 0.2) is 34.7 Å². The first kappa shape index (κ1) is 15.0. The highest BCUT2D eigenvalue weighted by Gasteiger charge is 2.64. The van der Waals surface area contributed by atoms with E-state index in [-0.39, 0.29) is 12.8 Å². The topological polar surface area (TPSA) is 37.3 Å². The predicted octanol–water partition coefficient (Wildman–Crippen LogP) is 4.49. The number of hydrogen-bond donors (Lipinski definition) is 1. The van der Waals surface area contributed by atoms with Gasteiger partial charge in [-0.2, -0.15) is 18.3 Å². The summed E-state index contributed by atoms with van der Waals surface area (Å²) in [5.41, 5.74) is 3.15. The Hall–Kier alpha value is -1.89. The van der Waals surface area contributed by atoms with E-state index >= 15 is 0 Å². The predicted molar refractivity (Wildman–Crippen MR) is 81.5 cm³/mol. The quantitative estimate of drug-likeness (QED) is 0.664. The van der Waals surface area contributed by atoms with Crippen LogP contribution in [0.3, 0.4) is 0 Å². The molecule has 1 saturated carbocycles. The van der Waals surface area contributed by atoms with Crippen LogP contribution in [-0.2, 0) is 5.41 Å². The van der Waals surface area contributed by atoms with Crippen LogP contribution in [0, 0.1) is 6.92 Å². The highest BCUT2D eigenvalue weighted by Crippen LogP contribution is 2.58. The molecule has 3 nitrogen and oxygen atoms in total. The smallest absolute Gasteiger partial charge is 0.253 e. The normalized spacial score (nSPS) is 16.9. The molecule has 1 aromatic heterocycles. The number of anilines is 1. The van der Waals surface area contributed by atoms with E-state index in [1.165, 1.54) is 23.5 Å². The fraction of sp³-hybridized carbons (Fsp3) is 0.333. The molecule has 116 valence electrons. The van der Waals surface area contributed by atoms with Gasteiger partial charge in [0.1, 0.15) is 0 Å². The van der Waals surface area contributed by atoms with E-state index in [4.69, 9.17) is 0 Å². The lowest BCUT2D eigenvalue weighted by Gasteiger charge is -2.19. The molecule has 1 heterocycles. The summed E-state index contributed by atoms with van der Waals surface area (Å²) in [6, 6.07) is 6.38. The Kier molecular flexibility index (Phi) is 3.68. The average Bonchev–Trinajstić information content (AvgIpc) is 3.18. The number of nitrogens with one attached hydrogen (secondary N) is 1. The summed E-state index contributed by atoms with van der Waals surface area (Å²) in [6.07, 6.45) is -2.26. The Morgan fingerprint density at radius 2 is 1.95 bits per heavy atom. The third kappa shape index (κ3) is 2.85. The molecule has 2 aromatic rings. The fourth-order valence-corrected chi connectivity index (χ4v) is 2.95. The fourth-order valence-electron chi connectivity index (χ4n) is 2.32. The standard InChI is InChI=1S/C15H14F3N3S/c1-10-9-22-13(20-10)21-19-8-11-2-4-12(5-3-11)14(6-7-14)15(16,17)18/h2-5,8-9H,6-7H2,1H3,(H,20,21). The van der Waals surface area contributed by atoms with Gasteiger partial charge in [-0.05, 0) is 30.9 Å². The van der Waals surface area contributed by atoms with Gasteiger partial charge in [0, 0.05) is 5.38 Å². The van der Waals surface area contributed by atoms with Crippen molar-refractivity contribution in [3.63, 3.8) is 0 Å². The summed E-state index contributed by atoms with van der Waals surface area (Å²) >= 11 is 1.44. The van der Waals surface area contributed by atoms with Crippen molar-refractivity contribution in [1.29, 1.82) is 0 Å². The molecule has 0 bridgehead atoms. The highest BCUT2D eigenvalue weighted by atomic mass is 32.1. The van der Waals surface area contributed by atoms with E-state index in [1.807, 2.05) is 12.3 Å². The third-order valence-electron chi connectivity index (χ3n) is 3.75. The van der Waals surface area contributed by atoms with Crippen LogP contribution >= 0.6 is 11.3 Å². The van der Waals surface area contributed by atoms with Crippen LogP contribution in [0.2, 0.25) is 0 Å². The molecular weight excluding hydrogens is 311 g/mol. The number of benzene rings is 1. The Morgan fingerprint density at radius 3 is 2.45 bits per heavy atom. The zero-order valence-electron chi connectivity index (χ0n) is 11.8. The monoisotopic (exact) mass is 325 g/mol. The number of thiazole rings is 1. The number of alkyl halides is 3. The van der Waals surface area contributed by atoms with Crippen LogP contribution in [0.1, 0.15) is 29.7 Å². The van der Waals surface area contributed by atoms with Crippen molar-refractivity contribution in [2.75, 3.05) is 5.43 Å². The molecule has 7 heteroatoms. The van der Waals surface area contributed by atoms with Crippen molar-refractivity contribution >= 4 is 22.7 Å². The van der Waals surface area contributed by atoms with E-state index < -0.39 is 11.6 Å². The molecule has 0 unspecified atom stereocenters. The van der Waals surface area contributed by atoms with E-state index in [2.05, 4.69) is 15.5 Å². The zero-order chi connectivity index (χ0) is 15.8. The van der Waals surface area contributed by atoms with Gasteiger partial charge in [0.25, 0.3) is 0 Å². The first-order valence-electron chi connectivity index (χ1n) is 6.79. The van der Waals surface area contributed by atoms with Gasteiger partial charge >= 0.3 is 6.18 Å². The number of nitrogens with zero attached hydrogens (tertiary/aromatic N) is 2. The maximum atomic E-state index is 13.0. The first-order chi connectivity index (χ1) is 10.4. The van der Waals surface area contributed by atoms with Crippen molar-refractivity contribution in [2.24, 2.45) is 5.10 Å². The van der Waals surface area contributed by atoms with Crippen molar-refractivity contribution in [3.05, 3.63) is 46.5 Å². The summed E-state index contributed by atoms with van der Waals surface area (Å²) in [5, 5.41) is 6.61. The van der Waals surface area contributed by atoms with Gasteiger partial charge in [-0.3, -0.25) is 5.43 Å². The van der Waals surface area contributed by atoms with Crippen molar-refractivity contribution in [2.45, 2.75) is 31.4 Å². The molecule has 0 aliphatic heterocycles. The van der Waals surface area contributed by atoms with Gasteiger partial charge in [-0.15, -0.1) is 11.3 Å². The number of aryl methyl sites for hydroxylation is 1. The van der Waals surface area contributed by atoms with E-state index in [9.17, 15) is 13.2 Å². The largest absolute Gasteiger partial charge is 0.398 e. The molecule has 1 fully saturated rings. The summed E-state index contributed by atoms with van der Waals surface area (Å²) in [4.78, 5) is 4.19. The number of hydrazone groups is 1. The van der Waals surface area contributed by atoms with Gasteiger partial charge in [0.15, 0.2) is 0 Å². The van der Waals surface area contributed by atoms with E-state index in [1.54, 1.807) is 18.3 Å². The minimum absolute atomic E-state index is 0.175. The zero-order valence-corrected chi connectivity index (χ0v) is 12.6. The third-order valence-corrected chi connectivity index (χ3v) is 4.61. The summed E-state index contributed by atoms with van der Waals surface area (Å²) < 4.78 is 39.1. The minimum Gasteiger partial charge on any atom is -0.253 e. The van der Waals surface area contributed by atoms with Crippen LogP contribution in [0.4, 0.5) is 18.3 Å². The van der Waals surface area contributed by atoms with Crippen molar-refractivity contribution < 1.29 is 13.2 Å². The Labute approximate surface area is 129 Å². The number of hydrogen-bond acceptors (Lipinski definition) is 4. The number of halogens is 3. The van der Waals surface area contributed by atoms with E-state index in [0.717, 1.165) is 11.3 Å². The maximum absolute atomic E-state index is 13.0. The second kappa shape index (κ2) is 5.39. The van der Waals surface area contributed by atoms with Crippen LogP contribution < -0.4 is 5.43 Å². The Bertz CT molecular complexity index is 685. The lowest BCUT2D eigenvalue weighted by atomic mass is 9.94. The number of rotatable bonds is 4. The lowest BCUT2D eigenvalue weighted by molar-refractivity contribution is -0.160. The van der Waals surface area contributed by atoms with Gasteiger partial charge in [-0.1, -0.05) is 24.3 Å². The molecule has 1 aromatic carbocycles. The second-order valence-electron chi connectivity index (χ2n) is 5.37. The maximum Gasteiger partial charge on any atom is 0.398 e. The molecule has 1 aliphatic rings. The molecule has 0 saturated heterocycles. The van der Waals surface area contributed by atoms with Crippen LogP contribution in [-0.4, -0.2) is 17.4 Å². The lowest BCUT2D eigenvalue weighted by Crippen LogP contribution is -2.28. The molecule has 1 aliphatic carbocycles. The van der Waals surface area contributed by atoms with Gasteiger partial charge < -0.3 is 0 Å². The summed E-state index contributed by atoms with van der Waals surface area (Å²) in [5.74, 6) is 0. The van der Waals surface area contributed by atoms with Gasteiger partial charge in [0.05, 0.1) is 17.3 Å². The summed E-state index contributed by atoms with van der Waals surface area (Å²) in [6.45, 7) is 1.89. The molecule has 0 radical (unpaired) electrons. The van der Waals surface area contributed by atoms with Crippen LogP contribution in [0.25, 0.3) is 0 Å². The first-order valence-corrected chi connectivity index (χ1v) is 7.67. The molecule has 1 N–H and O–H groups in total. The second-order valence-corrected chi connectivity index (χ2v) is 6.22. The Morgan fingerprint density at radius 1 is 1.27 bits per heavy atom. The number of aromatic nitrogens is 1. The molecule has 0 spiro atoms. The molecule has 0 atom stereocenters. The SMILES string of the molecule is Cc1csc(NN=Cc2ccc(C3(C(F)(F)F)CC3)cc2)n1. The van der Waals surface area contributed by atoms with Gasteiger partial charge in [0.2, 0.25) is 5.13 Å². The van der Waals surface area contributed by atoms with Crippen molar-refractivity contribution in [3.8, 4) is 0 Å². The summed E-state index contributed by atoms with van der Waals surface area (Å²) in [7, 11) is 0. The average molecular weight is 325 g/mol. The highest BCUT2D eigenvalue weighted by molar-refractivity contribution is 7.13. The minimum atomic E-state index is -4.17. The van der Waals surface area contributed by atoms with Crippen LogP contribution in [0.5, 0.6) is 0 Å². The Balaban J connectivity index is 1.67. The van der Waals surface area contributed by atoms with Crippen molar-refractivity contribution in [1.82, 2.24) is 4.98 Å². The molecule has 3 rings (SSSR count). The van der Waals surface area contributed by atoms with E-state index in [0.29, 0.717) is 10.7 Å². The molecule has 0 amide bonds. The molecule has 22 heavy (non-hydrogen) atoms. The molecular formula is C15H14F3N3S. The van der Waals surface area contributed by atoms with Gasteiger partial charge in [-0.25, -0.2) is 4.98 Å².